The summed E-state index contributed by atoms with van der Waals surface area (Å²) in [6.07, 6.45) is 5.41. The molecule has 2 aromatic heterocycles. The van der Waals surface area contributed by atoms with Crippen LogP contribution >= 0.6 is 11.3 Å². The van der Waals surface area contributed by atoms with Crippen LogP contribution in [-0.2, 0) is 32.9 Å². The Bertz CT molecular complexity index is 1790. The largest absolute Gasteiger partial charge is 0.476 e. The number of carboxylic acids is 1. The number of rotatable bonds is 9. The second kappa shape index (κ2) is 13.5. The van der Waals surface area contributed by atoms with E-state index < -0.39 is 28.7 Å². The molecule has 2 aromatic carbocycles. The van der Waals surface area contributed by atoms with Gasteiger partial charge >= 0.3 is 5.97 Å². The van der Waals surface area contributed by atoms with Crippen molar-refractivity contribution in [1.29, 1.82) is 0 Å². The van der Waals surface area contributed by atoms with Gasteiger partial charge in [-0.3, -0.25) is 0 Å². The van der Waals surface area contributed by atoms with Crippen LogP contribution in [0.2, 0.25) is 0 Å². The smallest absolute Gasteiger partial charge is 0.355 e. The molecule has 5 N–H and O–H groups in total. The van der Waals surface area contributed by atoms with Gasteiger partial charge in [0.15, 0.2) is 11.5 Å². The van der Waals surface area contributed by atoms with Crippen LogP contribution in [0, 0.1) is 29.4 Å². The highest BCUT2D eigenvalue weighted by atomic mass is 32.2. The van der Waals surface area contributed by atoms with E-state index in [9.17, 15) is 27.4 Å². The first kappa shape index (κ1) is 31.6. The lowest BCUT2D eigenvalue weighted by Crippen LogP contribution is -2.06. The molecule has 1 saturated heterocycles. The summed E-state index contributed by atoms with van der Waals surface area (Å²) < 4.78 is 57.8. The molecule has 13 heteroatoms. The second-order valence-electron chi connectivity index (χ2n) is 10.7. The molecule has 4 aromatic rings. The second-order valence-corrected chi connectivity index (χ2v) is 12.6. The normalized spacial score (nSPS) is 16.7. The maximum Gasteiger partial charge on any atom is 0.355 e. The highest BCUT2D eigenvalue weighted by molar-refractivity contribution is 7.79. The third kappa shape index (κ3) is 6.95. The third-order valence-corrected chi connectivity index (χ3v) is 9.17. The van der Waals surface area contributed by atoms with Gasteiger partial charge in [-0.2, -0.15) is 9.65 Å². The Hall–Kier alpha value is -3.80. The number of thiol groups is 1. The number of benzene rings is 2. The molecule has 0 radical (unpaired) electrons. The zero-order valence-electron chi connectivity index (χ0n) is 23.6. The number of aromatic carboxylic acids is 1. The summed E-state index contributed by atoms with van der Waals surface area (Å²) in [7, 11) is 0. The van der Waals surface area contributed by atoms with Gasteiger partial charge in [-0.15, -0.1) is 11.3 Å². The molecule has 6 rings (SSSR count). The standard InChI is InChI=1S/C31H27F2N3O5S2.H3N/c32-24-10-9-21(16-20(24)3-1-4-22-5-2-12-41-22)29-23(13-19-8-11-28(43(39)40)25(33)14-19)27(15-18-6-7-18)36(35-29)31-34-26(17-42-31)30(37)38;/h8-11,14,16-18,22H,2,4-7,12-13,15H2,(H,37,38)(H,39,40);1H3/p+1. The molecule has 230 valence electrons. The van der Waals surface area contributed by atoms with Crippen molar-refractivity contribution in [3.63, 3.8) is 0 Å². The molecule has 2 aliphatic rings. The zero-order valence-corrected chi connectivity index (χ0v) is 25.3. The van der Waals surface area contributed by atoms with Crippen LogP contribution in [0.3, 0.4) is 0 Å². The summed E-state index contributed by atoms with van der Waals surface area (Å²) in [6, 6.07) is 8.73. The summed E-state index contributed by atoms with van der Waals surface area (Å²) >= 11 is -1.69. The van der Waals surface area contributed by atoms with Crippen molar-refractivity contribution < 1.29 is 32.2 Å². The van der Waals surface area contributed by atoms with Crippen molar-refractivity contribution >= 4 is 28.4 Å². The molecule has 3 heterocycles. The van der Waals surface area contributed by atoms with Gasteiger partial charge < -0.3 is 16.0 Å². The van der Waals surface area contributed by atoms with Gasteiger partial charge in [-0.25, -0.2) is 23.2 Å². The minimum atomic E-state index is -2.84. The minimum absolute atomic E-state index is 0. The summed E-state index contributed by atoms with van der Waals surface area (Å²) in [5.41, 5.74) is 3.34. The quantitative estimate of drug-likeness (QED) is 0.112. The van der Waals surface area contributed by atoms with Gasteiger partial charge in [0.1, 0.15) is 5.82 Å². The van der Waals surface area contributed by atoms with Gasteiger partial charge in [0, 0.05) is 36.0 Å². The molecule has 0 amide bonds. The fourth-order valence-corrected chi connectivity index (χ4v) is 6.40. The molecule has 0 spiro atoms. The Kier molecular flexibility index (Phi) is 9.67. The number of carbonyl (C=O) groups is 1. The van der Waals surface area contributed by atoms with E-state index in [1.807, 2.05) is 0 Å². The fraction of sp³-hybridized carbons (Fsp3) is 0.323. The molecule has 1 aliphatic heterocycles. The summed E-state index contributed by atoms with van der Waals surface area (Å²) in [5.74, 6) is 3.98. The lowest BCUT2D eigenvalue weighted by molar-refractivity contribution is 0.0691. The Balaban J connectivity index is 0.00000384. The van der Waals surface area contributed by atoms with Crippen molar-refractivity contribution in [2.45, 2.75) is 55.9 Å². The average molecular weight is 642 g/mol. The number of aromatic nitrogens is 3. The van der Waals surface area contributed by atoms with Crippen LogP contribution in [0.15, 0.2) is 46.7 Å². The Morgan fingerprint density at radius 3 is 2.64 bits per heavy atom. The first-order chi connectivity index (χ1) is 20.8. The first-order valence-corrected chi connectivity index (χ1v) is 16.0. The van der Waals surface area contributed by atoms with E-state index in [1.54, 1.807) is 22.9 Å². The molecule has 1 aliphatic carbocycles. The monoisotopic (exact) mass is 641 g/mol. The molecule has 2 atom stereocenters. The molecule has 9 nitrogen and oxygen atoms in total. The van der Waals surface area contributed by atoms with Gasteiger partial charge in [-0.05, 0) is 73.9 Å². The van der Waals surface area contributed by atoms with Crippen LogP contribution in [0.1, 0.15) is 65.0 Å². The van der Waals surface area contributed by atoms with E-state index >= 15 is 0 Å². The van der Waals surface area contributed by atoms with Crippen LogP contribution in [0.4, 0.5) is 8.78 Å². The van der Waals surface area contributed by atoms with Crippen LogP contribution in [-0.4, -0.2) is 43.1 Å². The SMILES string of the molecule is N.O=C(O)c1csc(-n2nc(-c3ccc(F)c(C#CCC4CCCO4)c3)c(Cc3ccc([SH+](=O)O)c(F)c3)c2CC2CC2)n1. The maximum absolute atomic E-state index is 14.9. The van der Waals surface area contributed by atoms with Crippen LogP contribution in [0.25, 0.3) is 16.4 Å². The number of carboxylic acid groups (broad SMARTS) is 1. The van der Waals surface area contributed by atoms with Crippen LogP contribution in [0.5, 0.6) is 0 Å². The summed E-state index contributed by atoms with van der Waals surface area (Å²) in [6.45, 7) is 0.711. The number of hydrogen-bond donors (Lipinski definition) is 3. The van der Waals surface area contributed by atoms with Gasteiger partial charge in [0.2, 0.25) is 21.1 Å². The third-order valence-electron chi connectivity index (χ3n) is 7.58. The fourth-order valence-electron chi connectivity index (χ4n) is 5.18. The van der Waals surface area contributed by atoms with Crippen molar-refractivity contribution in [2.75, 3.05) is 6.61 Å². The Morgan fingerprint density at radius 1 is 1.16 bits per heavy atom. The maximum atomic E-state index is 14.9. The summed E-state index contributed by atoms with van der Waals surface area (Å²) in [4.78, 5) is 15.6. The number of thiazole rings is 1. The predicted molar refractivity (Wildman–Crippen MR) is 163 cm³/mol. The lowest BCUT2D eigenvalue weighted by Gasteiger charge is -2.09. The number of ether oxygens (including phenoxy) is 1. The topological polar surface area (TPSA) is 150 Å². The minimum Gasteiger partial charge on any atom is -0.476 e. The Labute approximate surface area is 259 Å². The van der Waals surface area contributed by atoms with Gasteiger partial charge in [0.25, 0.3) is 0 Å². The molecule has 1 saturated carbocycles. The molecule has 44 heavy (non-hydrogen) atoms. The first-order valence-electron chi connectivity index (χ1n) is 13.9. The number of nitrogens with zero attached hydrogens (tertiary/aromatic N) is 3. The number of halogens is 2. The van der Waals surface area contributed by atoms with E-state index in [4.69, 9.17) is 9.84 Å². The number of hydrogen-bond acceptors (Lipinski definition) is 7. The molecular formula is C31H31F2N4O5S2+. The van der Waals surface area contributed by atoms with Crippen molar-refractivity contribution in [3.05, 3.63) is 81.5 Å². The van der Waals surface area contributed by atoms with E-state index in [1.165, 1.54) is 23.6 Å². The van der Waals surface area contributed by atoms with Gasteiger partial charge in [0.05, 0.1) is 23.1 Å². The molecule has 2 unspecified atom stereocenters. The predicted octanol–water partition coefficient (Wildman–Crippen LogP) is 6.13. The lowest BCUT2D eigenvalue weighted by atomic mass is 9.96. The molecular weight excluding hydrogens is 610 g/mol. The Morgan fingerprint density at radius 2 is 1.98 bits per heavy atom. The summed E-state index contributed by atoms with van der Waals surface area (Å²) in [5, 5.41) is 16.2. The molecule has 2 fully saturated rings. The molecule has 0 bridgehead atoms. The van der Waals surface area contributed by atoms with Crippen molar-refractivity contribution in [1.82, 2.24) is 20.9 Å². The van der Waals surface area contributed by atoms with E-state index in [-0.39, 0.29) is 34.8 Å². The van der Waals surface area contributed by atoms with E-state index in [2.05, 4.69) is 16.8 Å². The van der Waals surface area contributed by atoms with Crippen molar-refractivity contribution in [2.24, 2.45) is 5.92 Å². The van der Waals surface area contributed by atoms with Gasteiger partial charge in [-0.1, -0.05) is 22.1 Å². The average Bonchev–Trinajstić information content (AvgIpc) is 3.32. The highest BCUT2D eigenvalue weighted by Gasteiger charge is 2.30. The highest BCUT2D eigenvalue weighted by Crippen LogP contribution is 2.38. The van der Waals surface area contributed by atoms with Crippen LogP contribution < -0.4 is 6.15 Å². The van der Waals surface area contributed by atoms with E-state index in [0.29, 0.717) is 47.3 Å². The zero-order chi connectivity index (χ0) is 30.1. The van der Waals surface area contributed by atoms with Crippen molar-refractivity contribution in [3.8, 4) is 28.2 Å². The van der Waals surface area contributed by atoms with E-state index in [0.717, 1.165) is 48.3 Å².